The number of hydrogen-bond acceptors (Lipinski definition) is 3. The van der Waals surface area contributed by atoms with Gasteiger partial charge in [-0.15, -0.1) is 0 Å². The van der Waals surface area contributed by atoms with Gasteiger partial charge in [-0.25, -0.2) is 0 Å². The van der Waals surface area contributed by atoms with Crippen LogP contribution in [0.2, 0.25) is 0 Å². The Hall–Kier alpha value is -1.55. The van der Waals surface area contributed by atoms with E-state index in [0.717, 1.165) is 32.5 Å². The monoisotopic (exact) mass is 263 g/mol. The van der Waals surface area contributed by atoms with Crippen molar-refractivity contribution >= 4 is 5.91 Å². The van der Waals surface area contributed by atoms with Gasteiger partial charge in [0.25, 0.3) is 5.91 Å². The van der Waals surface area contributed by atoms with Gasteiger partial charge in [-0.3, -0.25) is 4.79 Å². The van der Waals surface area contributed by atoms with E-state index >= 15 is 0 Å². The molecule has 1 N–H and O–H groups in total. The molecule has 4 nitrogen and oxygen atoms in total. The van der Waals surface area contributed by atoms with E-state index < -0.39 is 0 Å². The molecule has 0 saturated carbocycles. The van der Waals surface area contributed by atoms with E-state index in [1.165, 1.54) is 0 Å². The maximum Gasteiger partial charge on any atom is 0.254 e. The Balaban J connectivity index is 2.03. The van der Waals surface area contributed by atoms with Gasteiger partial charge < -0.3 is 14.7 Å². The first-order valence-electron chi connectivity index (χ1n) is 6.83. The molecule has 0 atom stereocenters. The van der Waals surface area contributed by atoms with Crippen LogP contribution in [-0.4, -0.2) is 41.7 Å². The van der Waals surface area contributed by atoms with E-state index in [-0.39, 0.29) is 17.8 Å². The fraction of sp³-hybridized carbons (Fsp3) is 0.533. The fourth-order valence-corrected chi connectivity index (χ4v) is 2.49. The number of amides is 1. The summed E-state index contributed by atoms with van der Waals surface area (Å²) in [4.78, 5) is 14.3. The minimum absolute atomic E-state index is 0.00310. The second-order valence-corrected chi connectivity index (χ2v) is 4.90. The van der Waals surface area contributed by atoms with Gasteiger partial charge in [0.1, 0.15) is 5.75 Å². The number of carbonyl (C=O) groups excluding carboxylic acids is 1. The molecule has 104 valence electrons. The number of rotatable bonds is 3. The number of likely N-dealkylation sites (tertiary alicyclic amines) is 1. The predicted octanol–water partition coefficient (Wildman–Crippen LogP) is 2.34. The first-order chi connectivity index (χ1) is 9.13. The lowest BCUT2D eigenvalue weighted by Gasteiger charge is -2.32. The molecule has 1 aromatic carbocycles. The van der Waals surface area contributed by atoms with Crippen LogP contribution in [0, 0.1) is 6.92 Å². The van der Waals surface area contributed by atoms with Crippen molar-refractivity contribution in [2.75, 3.05) is 19.7 Å². The molecule has 1 aliphatic heterocycles. The van der Waals surface area contributed by atoms with Crippen molar-refractivity contribution < 1.29 is 14.6 Å². The van der Waals surface area contributed by atoms with Crippen LogP contribution in [0.25, 0.3) is 0 Å². The van der Waals surface area contributed by atoms with Crippen LogP contribution in [-0.2, 0) is 4.74 Å². The van der Waals surface area contributed by atoms with Crippen molar-refractivity contribution in [1.82, 2.24) is 4.90 Å². The Labute approximate surface area is 114 Å². The number of nitrogens with zero attached hydrogens (tertiary/aromatic N) is 1. The number of piperidine rings is 1. The summed E-state index contributed by atoms with van der Waals surface area (Å²) in [5.74, 6) is 0.179. The molecule has 2 rings (SSSR count). The first kappa shape index (κ1) is 13.9. The Morgan fingerprint density at radius 1 is 1.42 bits per heavy atom. The SMILES string of the molecule is CCOC1CCN(C(=O)c2cccc(O)c2C)CC1. The van der Waals surface area contributed by atoms with Gasteiger partial charge >= 0.3 is 0 Å². The second-order valence-electron chi connectivity index (χ2n) is 4.90. The smallest absolute Gasteiger partial charge is 0.254 e. The third-order valence-electron chi connectivity index (χ3n) is 3.67. The highest BCUT2D eigenvalue weighted by molar-refractivity contribution is 5.96. The molecule has 0 unspecified atom stereocenters. The third kappa shape index (κ3) is 3.07. The van der Waals surface area contributed by atoms with Crippen molar-refractivity contribution in [3.63, 3.8) is 0 Å². The summed E-state index contributed by atoms with van der Waals surface area (Å²) in [7, 11) is 0. The number of carbonyl (C=O) groups is 1. The molecule has 1 fully saturated rings. The minimum atomic E-state index is 0.00310. The van der Waals surface area contributed by atoms with E-state index in [4.69, 9.17) is 4.74 Å². The molecular weight excluding hydrogens is 242 g/mol. The van der Waals surface area contributed by atoms with Crippen molar-refractivity contribution in [1.29, 1.82) is 0 Å². The fourth-order valence-electron chi connectivity index (χ4n) is 2.49. The standard InChI is InChI=1S/C15H21NO3/c1-3-19-12-7-9-16(10-8-12)15(18)13-5-4-6-14(17)11(13)2/h4-6,12,17H,3,7-10H2,1-2H3. The van der Waals surface area contributed by atoms with Crippen molar-refractivity contribution in [2.24, 2.45) is 0 Å². The van der Waals surface area contributed by atoms with Gasteiger partial charge in [0.05, 0.1) is 6.10 Å². The van der Waals surface area contributed by atoms with Crippen LogP contribution < -0.4 is 0 Å². The normalized spacial score (nSPS) is 16.6. The van der Waals surface area contributed by atoms with Crippen LogP contribution >= 0.6 is 0 Å². The van der Waals surface area contributed by atoms with Gasteiger partial charge in [0, 0.05) is 30.8 Å². The molecule has 0 bridgehead atoms. The Morgan fingerprint density at radius 2 is 2.11 bits per heavy atom. The van der Waals surface area contributed by atoms with Crippen molar-refractivity contribution in [2.45, 2.75) is 32.8 Å². The van der Waals surface area contributed by atoms with Crippen LogP contribution in [0.1, 0.15) is 35.7 Å². The van der Waals surface area contributed by atoms with Gasteiger partial charge in [0.2, 0.25) is 0 Å². The number of phenolic OH excluding ortho intramolecular Hbond substituents is 1. The quantitative estimate of drug-likeness (QED) is 0.910. The average Bonchev–Trinajstić information content (AvgIpc) is 2.42. The lowest BCUT2D eigenvalue weighted by Crippen LogP contribution is -2.41. The topological polar surface area (TPSA) is 49.8 Å². The van der Waals surface area contributed by atoms with Gasteiger partial charge in [0.15, 0.2) is 0 Å². The first-order valence-corrected chi connectivity index (χ1v) is 6.83. The molecule has 1 aromatic rings. The van der Waals surface area contributed by atoms with E-state index in [1.807, 2.05) is 11.8 Å². The maximum absolute atomic E-state index is 12.4. The molecule has 4 heteroatoms. The van der Waals surface area contributed by atoms with Gasteiger partial charge in [-0.1, -0.05) is 6.07 Å². The third-order valence-corrected chi connectivity index (χ3v) is 3.67. The summed E-state index contributed by atoms with van der Waals surface area (Å²) in [6.07, 6.45) is 2.05. The maximum atomic E-state index is 12.4. The molecule has 19 heavy (non-hydrogen) atoms. The number of phenols is 1. The highest BCUT2D eigenvalue weighted by atomic mass is 16.5. The lowest BCUT2D eigenvalue weighted by atomic mass is 10.0. The zero-order valence-electron chi connectivity index (χ0n) is 11.6. The molecule has 1 heterocycles. The van der Waals surface area contributed by atoms with Crippen LogP contribution in [0.3, 0.4) is 0 Å². The largest absolute Gasteiger partial charge is 0.508 e. The molecule has 0 radical (unpaired) electrons. The molecule has 1 saturated heterocycles. The summed E-state index contributed by atoms with van der Waals surface area (Å²) >= 11 is 0. The minimum Gasteiger partial charge on any atom is -0.508 e. The van der Waals surface area contributed by atoms with E-state index in [9.17, 15) is 9.90 Å². The van der Waals surface area contributed by atoms with Crippen LogP contribution in [0.5, 0.6) is 5.75 Å². The molecule has 0 aromatic heterocycles. The zero-order valence-corrected chi connectivity index (χ0v) is 11.6. The number of hydrogen-bond donors (Lipinski definition) is 1. The van der Waals surface area contributed by atoms with E-state index in [1.54, 1.807) is 25.1 Å². The molecule has 1 aliphatic rings. The molecule has 1 amide bonds. The Bertz CT molecular complexity index is 451. The van der Waals surface area contributed by atoms with E-state index in [0.29, 0.717) is 11.1 Å². The summed E-state index contributed by atoms with van der Waals surface area (Å²) in [6.45, 7) is 5.94. The van der Waals surface area contributed by atoms with Gasteiger partial charge in [-0.2, -0.15) is 0 Å². The lowest BCUT2D eigenvalue weighted by molar-refractivity contribution is 0.0145. The van der Waals surface area contributed by atoms with Crippen molar-refractivity contribution in [3.05, 3.63) is 29.3 Å². The molecule has 0 spiro atoms. The van der Waals surface area contributed by atoms with Crippen LogP contribution in [0.15, 0.2) is 18.2 Å². The Morgan fingerprint density at radius 3 is 2.74 bits per heavy atom. The molecular formula is C15H21NO3. The predicted molar refractivity (Wildman–Crippen MR) is 73.4 cm³/mol. The zero-order chi connectivity index (χ0) is 13.8. The summed E-state index contributed by atoms with van der Waals surface area (Å²) in [5, 5.41) is 9.67. The summed E-state index contributed by atoms with van der Waals surface area (Å²) in [6, 6.07) is 5.09. The van der Waals surface area contributed by atoms with Crippen molar-refractivity contribution in [3.8, 4) is 5.75 Å². The highest BCUT2D eigenvalue weighted by Gasteiger charge is 2.24. The van der Waals surface area contributed by atoms with Crippen LogP contribution in [0.4, 0.5) is 0 Å². The second kappa shape index (κ2) is 6.06. The number of aromatic hydroxyl groups is 1. The summed E-state index contributed by atoms with van der Waals surface area (Å²) < 4.78 is 5.58. The number of benzene rings is 1. The number of ether oxygens (including phenoxy) is 1. The van der Waals surface area contributed by atoms with E-state index in [2.05, 4.69) is 0 Å². The molecule has 0 aliphatic carbocycles. The summed E-state index contributed by atoms with van der Waals surface area (Å²) in [5.41, 5.74) is 1.24. The van der Waals surface area contributed by atoms with Gasteiger partial charge in [-0.05, 0) is 38.8 Å². The highest BCUT2D eigenvalue weighted by Crippen LogP contribution is 2.23. The Kier molecular flexibility index (Phi) is 4.43. The average molecular weight is 263 g/mol.